The van der Waals surface area contributed by atoms with Crippen LogP contribution in [0.1, 0.15) is 23.7 Å². The molecule has 3 heterocycles. The Morgan fingerprint density at radius 2 is 1.84 bits per heavy atom. The monoisotopic (exact) mass is 431 g/mol. The normalized spacial score (nSPS) is 13.1. The lowest BCUT2D eigenvalue weighted by atomic mass is 9.89. The van der Waals surface area contributed by atoms with Crippen molar-refractivity contribution in [1.82, 2.24) is 9.55 Å². The van der Waals surface area contributed by atoms with E-state index in [0.29, 0.717) is 5.88 Å². The van der Waals surface area contributed by atoms with Crippen molar-refractivity contribution >= 4 is 34.0 Å². The molecule has 0 atom stereocenters. The van der Waals surface area contributed by atoms with Gasteiger partial charge in [-0.2, -0.15) is 4.98 Å². The maximum Gasteiger partial charge on any atom is 0.214 e. The van der Waals surface area contributed by atoms with Gasteiger partial charge >= 0.3 is 0 Å². The largest absolute Gasteiger partial charge is 0.481 e. The highest BCUT2D eigenvalue weighted by Crippen LogP contribution is 2.46. The summed E-state index contributed by atoms with van der Waals surface area (Å²) in [6, 6.07) is 16.5. The first-order valence-corrected chi connectivity index (χ1v) is 11.1. The van der Waals surface area contributed by atoms with Gasteiger partial charge in [-0.05, 0) is 66.8 Å². The van der Waals surface area contributed by atoms with E-state index < -0.39 is 0 Å². The summed E-state index contributed by atoms with van der Waals surface area (Å²) < 4.78 is 7.85. The van der Waals surface area contributed by atoms with Crippen LogP contribution in [0.3, 0.4) is 0 Å². The molecule has 0 bridgehead atoms. The number of aryl methyl sites for hydroxylation is 1. The van der Waals surface area contributed by atoms with Crippen LogP contribution in [0.2, 0.25) is 5.02 Å². The van der Waals surface area contributed by atoms with Crippen LogP contribution in [0.5, 0.6) is 5.88 Å². The van der Waals surface area contributed by atoms with Crippen LogP contribution in [-0.2, 0) is 13.0 Å². The molecule has 158 valence electrons. The van der Waals surface area contributed by atoms with Crippen LogP contribution in [-0.4, -0.2) is 23.2 Å². The Hall–Kier alpha value is -2.98. The molecule has 0 unspecified atom stereocenters. The van der Waals surface area contributed by atoms with Crippen molar-refractivity contribution in [2.75, 3.05) is 18.6 Å². The molecule has 4 nitrogen and oxygen atoms in total. The third kappa shape index (κ3) is 3.09. The Labute approximate surface area is 188 Å². The van der Waals surface area contributed by atoms with E-state index in [1.165, 1.54) is 44.5 Å². The maximum atomic E-state index is 6.19. The van der Waals surface area contributed by atoms with Crippen LogP contribution in [0.4, 0.5) is 11.5 Å². The molecule has 31 heavy (non-hydrogen) atoms. The second-order valence-electron chi connectivity index (χ2n) is 8.08. The SMILES string of the molecule is CCc1c(C)c2c3c(cc(C)n3CCN2c2cccc(OC)n2)c1-c1ccc(Cl)cc1. The molecule has 2 aromatic carbocycles. The molecule has 1 aliphatic rings. The van der Waals surface area contributed by atoms with Crippen LogP contribution in [0, 0.1) is 13.8 Å². The van der Waals surface area contributed by atoms with Crippen LogP contribution in [0.25, 0.3) is 22.0 Å². The number of hydrogen-bond donors (Lipinski definition) is 0. The molecule has 0 radical (unpaired) electrons. The Bertz CT molecular complexity index is 1290. The minimum atomic E-state index is 0.636. The summed E-state index contributed by atoms with van der Waals surface area (Å²) in [6.07, 6.45) is 0.955. The topological polar surface area (TPSA) is 30.3 Å². The van der Waals surface area contributed by atoms with Gasteiger partial charge in [0.05, 0.1) is 18.3 Å². The second kappa shape index (κ2) is 7.61. The number of methoxy groups -OCH3 is 1. The number of ether oxygens (including phenoxy) is 1. The van der Waals surface area contributed by atoms with Gasteiger partial charge in [-0.15, -0.1) is 0 Å². The number of aromatic nitrogens is 2. The third-order valence-electron chi connectivity index (χ3n) is 6.41. The van der Waals surface area contributed by atoms with E-state index in [9.17, 15) is 0 Å². The van der Waals surface area contributed by atoms with E-state index >= 15 is 0 Å². The van der Waals surface area contributed by atoms with Crippen molar-refractivity contribution in [3.63, 3.8) is 0 Å². The molecular weight excluding hydrogens is 406 g/mol. The number of rotatable bonds is 4. The minimum absolute atomic E-state index is 0.636. The fraction of sp³-hybridized carbons (Fsp3) is 0.269. The molecule has 0 fully saturated rings. The Morgan fingerprint density at radius 3 is 2.55 bits per heavy atom. The highest BCUT2D eigenvalue weighted by Gasteiger charge is 2.29. The number of hydrogen-bond acceptors (Lipinski definition) is 3. The molecular formula is C26H26ClN3O. The molecule has 5 heteroatoms. The fourth-order valence-electron chi connectivity index (χ4n) is 5.01. The maximum absolute atomic E-state index is 6.19. The van der Waals surface area contributed by atoms with Gasteiger partial charge < -0.3 is 14.2 Å². The summed E-state index contributed by atoms with van der Waals surface area (Å²) >= 11 is 6.19. The summed E-state index contributed by atoms with van der Waals surface area (Å²) in [7, 11) is 1.66. The highest BCUT2D eigenvalue weighted by atomic mass is 35.5. The van der Waals surface area contributed by atoms with Crippen molar-refractivity contribution in [2.24, 2.45) is 0 Å². The Balaban J connectivity index is 1.83. The number of nitrogens with zero attached hydrogens (tertiary/aromatic N) is 3. The second-order valence-corrected chi connectivity index (χ2v) is 8.51. The first kappa shape index (κ1) is 20.0. The van der Waals surface area contributed by atoms with Crippen LogP contribution < -0.4 is 9.64 Å². The van der Waals surface area contributed by atoms with Crippen molar-refractivity contribution < 1.29 is 4.74 Å². The summed E-state index contributed by atoms with van der Waals surface area (Å²) in [5.74, 6) is 1.56. The molecule has 0 saturated heterocycles. The average molecular weight is 432 g/mol. The first-order valence-electron chi connectivity index (χ1n) is 10.7. The molecule has 0 spiro atoms. The van der Waals surface area contributed by atoms with E-state index in [4.69, 9.17) is 21.3 Å². The predicted octanol–water partition coefficient (Wildman–Crippen LogP) is 6.70. The number of halogens is 1. The van der Waals surface area contributed by atoms with E-state index in [1.54, 1.807) is 7.11 Å². The van der Waals surface area contributed by atoms with Gasteiger partial charge in [-0.1, -0.05) is 36.7 Å². The standard InChI is InChI=1S/C26H26ClN3O/c1-5-20-17(3)25-26-21(24(20)18-9-11-19(27)12-10-18)15-16(2)29(26)13-14-30(25)22-7-6-8-23(28-22)31-4/h6-12,15H,5,13-14H2,1-4H3. The summed E-state index contributed by atoms with van der Waals surface area (Å²) in [6.45, 7) is 8.49. The Kier molecular flexibility index (Phi) is 4.90. The summed E-state index contributed by atoms with van der Waals surface area (Å²) in [4.78, 5) is 7.10. The minimum Gasteiger partial charge on any atom is -0.481 e. The van der Waals surface area contributed by atoms with Crippen molar-refractivity contribution in [1.29, 1.82) is 0 Å². The van der Waals surface area contributed by atoms with Crippen molar-refractivity contribution in [3.05, 3.63) is 70.4 Å². The molecule has 0 aliphatic carbocycles. The van der Waals surface area contributed by atoms with E-state index in [2.05, 4.69) is 54.5 Å². The lowest BCUT2D eigenvalue weighted by molar-refractivity contribution is 0.398. The average Bonchev–Trinajstić information content (AvgIpc) is 3.13. The highest BCUT2D eigenvalue weighted by molar-refractivity contribution is 6.30. The van der Waals surface area contributed by atoms with E-state index in [1.807, 2.05) is 24.3 Å². The predicted molar refractivity (Wildman–Crippen MR) is 129 cm³/mol. The smallest absolute Gasteiger partial charge is 0.214 e. The van der Waals surface area contributed by atoms with Gasteiger partial charge in [0, 0.05) is 35.3 Å². The van der Waals surface area contributed by atoms with Gasteiger partial charge in [0.1, 0.15) is 5.82 Å². The zero-order chi connectivity index (χ0) is 21.7. The Morgan fingerprint density at radius 1 is 1.06 bits per heavy atom. The van der Waals surface area contributed by atoms with Gasteiger partial charge in [0.25, 0.3) is 0 Å². The van der Waals surface area contributed by atoms with Crippen LogP contribution >= 0.6 is 11.6 Å². The van der Waals surface area contributed by atoms with Gasteiger partial charge in [0.15, 0.2) is 0 Å². The van der Waals surface area contributed by atoms with E-state index in [-0.39, 0.29) is 0 Å². The molecule has 0 N–H and O–H groups in total. The first-order chi connectivity index (χ1) is 15.0. The van der Waals surface area contributed by atoms with Crippen molar-refractivity contribution in [2.45, 2.75) is 33.7 Å². The molecule has 5 rings (SSSR count). The van der Waals surface area contributed by atoms with Gasteiger partial charge in [-0.25, -0.2) is 0 Å². The molecule has 0 amide bonds. The molecule has 2 aromatic heterocycles. The van der Waals surface area contributed by atoms with Crippen LogP contribution in [0.15, 0.2) is 48.5 Å². The number of pyridine rings is 1. The molecule has 1 aliphatic heterocycles. The lowest BCUT2D eigenvalue weighted by Crippen LogP contribution is -2.29. The molecule has 0 saturated carbocycles. The van der Waals surface area contributed by atoms with Gasteiger partial charge in [0.2, 0.25) is 5.88 Å². The van der Waals surface area contributed by atoms with E-state index in [0.717, 1.165) is 30.4 Å². The fourth-order valence-corrected chi connectivity index (χ4v) is 5.13. The molecule has 4 aromatic rings. The number of anilines is 2. The zero-order valence-electron chi connectivity index (χ0n) is 18.4. The third-order valence-corrected chi connectivity index (χ3v) is 6.66. The number of benzene rings is 2. The van der Waals surface area contributed by atoms with Gasteiger partial charge in [-0.3, -0.25) is 0 Å². The quantitative estimate of drug-likeness (QED) is 0.360. The summed E-state index contributed by atoms with van der Waals surface area (Å²) in [5.41, 5.74) is 9.04. The zero-order valence-corrected chi connectivity index (χ0v) is 19.1. The lowest BCUT2D eigenvalue weighted by Gasteiger charge is -2.33. The van der Waals surface area contributed by atoms with Crippen molar-refractivity contribution in [3.8, 4) is 17.0 Å². The summed E-state index contributed by atoms with van der Waals surface area (Å²) in [5, 5.41) is 2.06.